The summed E-state index contributed by atoms with van der Waals surface area (Å²) in [6, 6.07) is 12.8. The smallest absolute Gasteiger partial charge is 0.242 e. The predicted molar refractivity (Wildman–Crippen MR) is 144 cm³/mol. The Morgan fingerprint density at radius 1 is 1.05 bits per heavy atom. The van der Waals surface area contributed by atoms with Gasteiger partial charge < -0.3 is 10.2 Å². The molecular formula is C28H38FN3O4S. The van der Waals surface area contributed by atoms with Gasteiger partial charge in [0, 0.05) is 25.6 Å². The maximum atomic E-state index is 14.3. The lowest BCUT2D eigenvalue weighted by Crippen LogP contribution is -2.50. The maximum absolute atomic E-state index is 14.3. The normalized spacial score (nSPS) is 15.1. The van der Waals surface area contributed by atoms with Crippen molar-refractivity contribution < 1.29 is 22.4 Å². The second-order valence-corrected chi connectivity index (χ2v) is 11.8. The molecule has 7 nitrogen and oxygen atoms in total. The molecule has 202 valence electrons. The van der Waals surface area contributed by atoms with E-state index in [-0.39, 0.29) is 49.5 Å². The van der Waals surface area contributed by atoms with Crippen LogP contribution in [-0.2, 0) is 26.2 Å². The first kappa shape index (κ1) is 28.6. The summed E-state index contributed by atoms with van der Waals surface area (Å²) < 4.78 is 40.1. The Morgan fingerprint density at radius 2 is 1.70 bits per heavy atom. The highest BCUT2D eigenvalue weighted by atomic mass is 32.2. The van der Waals surface area contributed by atoms with Gasteiger partial charge in [-0.05, 0) is 56.4 Å². The van der Waals surface area contributed by atoms with Gasteiger partial charge in [-0.1, -0.05) is 55.7 Å². The lowest BCUT2D eigenvalue weighted by Gasteiger charge is -2.32. The molecular weight excluding hydrogens is 493 g/mol. The van der Waals surface area contributed by atoms with E-state index in [2.05, 4.69) is 5.32 Å². The predicted octanol–water partition coefficient (Wildman–Crippen LogP) is 4.55. The molecule has 1 atom stereocenters. The number of para-hydroxylation sites is 1. The molecule has 2 aromatic carbocycles. The lowest BCUT2D eigenvalue weighted by molar-refractivity contribution is -0.141. The molecule has 0 saturated heterocycles. The first-order chi connectivity index (χ1) is 17.6. The van der Waals surface area contributed by atoms with Gasteiger partial charge in [0.15, 0.2) is 0 Å². The Labute approximate surface area is 220 Å². The van der Waals surface area contributed by atoms with Crippen molar-refractivity contribution in [3.8, 4) is 0 Å². The molecule has 0 heterocycles. The van der Waals surface area contributed by atoms with Crippen LogP contribution in [0.5, 0.6) is 0 Å². The van der Waals surface area contributed by atoms with E-state index < -0.39 is 21.9 Å². The van der Waals surface area contributed by atoms with Gasteiger partial charge in [0.05, 0.1) is 11.9 Å². The highest BCUT2D eigenvalue weighted by molar-refractivity contribution is 7.92. The van der Waals surface area contributed by atoms with Crippen LogP contribution in [0.25, 0.3) is 0 Å². The van der Waals surface area contributed by atoms with Gasteiger partial charge in [-0.15, -0.1) is 0 Å². The van der Waals surface area contributed by atoms with Crippen LogP contribution in [0.1, 0.15) is 63.0 Å². The standard InChI is InChI=1S/C28H38FN3O4S/c1-21-12-7-8-13-23(21)20-31(22(2)28(34)30-24-14-5-4-6-15-24)27(33)18-11-19-32(37(3,35)36)26-17-10-9-16-25(26)29/h7-10,12-13,16-17,22,24H,4-6,11,14-15,18-20H2,1-3H3,(H,30,34)/t22-/m0/s1. The molecule has 2 amide bonds. The van der Waals surface area contributed by atoms with Crippen molar-refractivity contribution in [1.82, 2.24) is 10.2 Å². The van der Waals surface area contributed by atoms with Crippen LogP contribution in [0.4, 0.5) is 10.1 Å². The van der Waals surface area contributed by atoms with E-state index >= 15 is 0 Å². The number of hydrogen-bond acceptors (Lipinski definition) is 4. The summed E-state index contributed by atoms with van der Waals surface area (Å²) in [5, 5.41) is 3.11. The summed E-state index contributed by atoms with van der Waals surface area (Å²) in [4.78, 5) is 28.1. The van der Waals surface area contributed by atoms with Crippen LogP contribution < -0.4 is 9.62 Å². The Bertz CT molecular complexity index is 1180. The zero-order chi connectivity index (χ0) is 27.0. The van der Waals surface area contributed by atoms with E-state index in [1.807, 2.05) is 31.2 Å². The number of carbonyl (C=O) groups excluding carboxylic acids is 2. The van der Waals surface area contributed by atoms with Crippen molar-refractivity contribution in [2.75, 3.05) is 17.1 Å². The fourth-order valence-electron chi connectivity index (χ4n) is 4.76. The van der Waals surface area contributed by atoms with Gasteiger partial charge in [0.1, 0.15) is 11.9 Å². The summed E-state index contributed by atoms with van der Waals surface area (Å²) >= 11 is 0. The molecule has 0 aromatic heterocycles. The Hall–Kier alpha value is -2.94. The van der Waals surface area contributed by atoms with Gasteiger partial charge in [-0.3, -0.25) is 13.9 Å². The molecule has 0 unspecified atom stereocenters. The monoisotopic (exact) mass is 531 g/mol. The van der Waals surface area contributed by atoms with Crippen molar-refractivity contribution in [2.24, 2.45) is 0 Å². The molecule has 1 aliphatic carbocycles. The number of nitrogens with zero attached hydrogens (tertiary/aromatic N) is 2. The number of nitrogens with one attached hydrogen (secondary N) is 1. The maximum Gasteiger partial charge on any atom is 0.242 e. The average Bonchev–Trinajstić information content (AvgIpc) is 2.86. The quantitative estimate of drug-likeness (QED) is 0.461. The number of rotatable bonds is 11. The fraction of sp³-hybridized carbons (Fsp3) is 0.500. The van der Waals surface area contributed by atoms with Crippen LogP contribution in [0.15, 0.2) is 48.5 Å². The Balaban J connectivity index is 1.73. The number of carbonyl (C=O) groups is 2. The van der Waals surface area contributed by atoms with Crippen molar-refractivity contribution in [1.29, 1.82) is 0 Å². The van der Waals surface area contributed by atoms with Crippen LogP contribution >= 0.6 is 0 Å². The van der Waals surface area contributed by atoms with Crippen LogP contribution in [0.2, 0.25) is 0 Å². The lowest BCUT2D eigenvalue weighted by atomic mass is 9.95. The topological polar surface area (TPSA) is 86.8 Å². The largest absolute Gasteiger partial charge is 0.352 e. The molecule has 1 fully saturated rings. The number of halogens is 1. The van der Waals surface area contributed by atoms with Gasteiger partial charge in [-0.25, -0.2) is 12.8 Å². The third-order valence-corrected chi connectivity index (χ3v) is 8.17. The van der Waals surface area contributed by atoms with Gasteiger partial charge in [-0.2, -0.15) is 0 Å². The minimum atomic E-state index is -3.75. The summed E-state index contributed by atoms with van der Waals surface area (Å²) in [5.41, 5.74) is 1.91. The number of anilines is 1. The second-order valence-electron chi connectivity index (χ2n) is 9.86. The highest BCUT2D eigenvalue weighted by Gasteiger charge is 2.29. The minimum absolute atomic E-state index is 0.0212. The molecule has 3 rings (SSSR count). The van der Waals surface area contributed by atoms with Crippen LogP contribution in [-0.4, -0.2) is 50.0 Å². The summed E-state index contributed by atoms with van der Waals surface area (Å²) in [7, 11) is -3.75. The summed E-state index contributed by atoms with van der Waals surface area (Å²) in [6.07, 6.45) is 6.46. The van der Waals surface area contributed by atoms with Crippen LogP contribution in [0.3, 0.4) is 0 Å². The molecule has 1 aliphatic rings. The molecule has 0 aliphatic heterocycles. The van der Waals surface area contributed by atoms with Crippen molar-refractivity contribution in [3.63, 3.8) is 0 Å². The van der Waals surface area contributed by atoms with E-state index in [1.165, 1.54) is 24.6 Å². The molecule has 0 radical (unpaired) electrons. The first-order valence-electron chi connectivity index (χ1n) is 12.9. The van der Waals surface area contributed by atoms with Crippen molar-refractivity contribution in [2.45, 2.75) is 77.4 Å². The first-order valence-corrected chi connectivity index (χ1v) is 14.8. The fourth-order valence-corrected chi connectivity index (χ4v) is 5.72. The second kappa shape index (κ2) is 13.0. The van der Waals surface area contributed by atoms with Crippen molar-refractivity contribution in [3.05, 3.63) is 65.5 Å². The zero-order valence-corrected chi connectivity index (χ0v) is 22.8. The van der Waals surface area contributed by atoms with Gasteiger partial charge in [0.25, 0.3) is 0 Å². The van der Waals surface area contributed by atoms with Crippen molar-refractivity contribution >= 4 is 27.5 Å². The third kappa shape index (κ3) is 8.02. The van der Waals surface area contributed by atoms with E-state index in [4.69, 9.17) is 0 Å². The average molecular weight is 532 g/mol. The number of hydrogen-bond donors (Lipinski definition) is 1. The van der Waals surface area contributed by atoms with Crippen LogP contribution in [0, 0.1) is 12.7 Å². The molecule has 1 saturated carbocycles. The number of aryl methyl sites for hydroxylation is 1. The number of sulfonamides is 1. The number of amides is 2. The molecule has 0 bridgehead atoms. The van der Waals surface area contributed by atoms with E-state index in [0.29, 0.717) is 0 Å². The van der Waals surface area contributed by atoms with E-state index in [9.17, 15) is 22.4 Å². The Morgan fingerprint density at radius 3 is 2.35 bits per heavy atom. The molecule has 2 aromatic rings. The summed E-state index contributed by atoms with van der Waals surface area (Å²) in [6.45, 7) is 3.92. The van der Waals surface area contributed by atoms with E-state index in [0.717, 1.165) is 47.4 Å². The molecule has 37 heavy (non-hydrogen) atoms. The molecule has 1 N–H and O–H groups in total. The van der Waals surface area contributed by atoms with Gasteiger partial charge >= 0.3 is 0 Å². The SMILES string of the molecule is Cc1ccccc1CN(C(=O)CCCN(c1ccccc1F)S(C)(=O)=O)[C@@H](C)C(=O)NC1CCCCC1. The summed E-state index contributed by atoms with van der Waals surface area (Å²) in [5.74, 6) is -1.08. The zero-order valence-electron chi connectivity index (χ0n) is 22.0. The number of benzene rings is 2. The van der Waals surface area contributed by atoms with Gasteiger partial charge in [0.2, 0.25) is 21.8 Å². The Kier molecular flexibility index (Phi) is 10.1. The highest BCUT2D eigenvalue weighted by Crippen LogP contribution is 2.23. The molecule has 9 heteroatoms. The minimum Gasteiger partial charge on any atom is -0.352 e. The third-order valence-electron chi connectivity index (χ3n) is 6.99. The van der Waals surface area contributed by atoms with E-state index in [1.54, 1.807) is 17.9 Å². The molecule has 0 spiro atoms.